The number of Topliss-reactive ketones (excluding diaryl/α,β-unsaturated/α-hetero) is 1. The third kappa shape index (κ3) is 6.07. The second-order valence-corrected chi connectivity index (χ2v) is 10.5. The molecule has 2 fully saturated rings. The van der Waals surface area contributed by atoms with Gasteiger partial charge in [-0.05, 0) is 71.9 Å². The van der Waals surface area contributed by atoms with E-state index in [1.165, 1.54) is 0 Å². The predicted molar refractivity (Wildman–Crippen MR) is 107 cm³/mol. The summed E-state index contributed by atoms with van der Waals surface area (Å²) in [5, 5.41) is 3.24. The van der Waals surface area contributed by atoms with Gasteiger partial charge in [0.2, 0.25) is 5.91 Å². The maximum absolute atomic E-state index is 12.6. The molecule has 1 saturated carbocycles. The third-order valence-corrected chi connectivity index (χ3v) is 6.19. The van der Waals surface area contributed by atoms with Crippen molar-refractivity contribution in [1.29, 1.82) is 0 Å². The zero-order valence-electron chi connectivity index (χ0n) is 17.9. The number of hydrogen-bond acceptors (Lipinski definition) is 3. The zero-order chi connectivity index (χ0) is 19.5. The molecular formula is C22H40N2O2. The minimum absolute atomic E-state index is 0.115. The van der Waals surface area contributed by atoms with Crippen LogP contribution in [0.5, 0.6) is 0 Å². The van der Waals surface area contributed by atoms with Crippen LogP contribution in [0.2, 0.25) is 0 Å². The molecule has 0 aromatic rings. The Labute approximate surface area is 160 Å². The first-order valence-electron chi connectivity index (χ1n) is 10.6. The van der Waals surface area contributed by atoms with E-state index in [4.69, 9.17) is 0 Å². The Morgan fingerprint density at radius 3 is 2.12 bits per heavy atom. The van der Waals surface area contributed by atoms with E-state index in [-0.39, 0.29) is 28.8 Å². The zero-order valence-corrected chi connectivity index (χ0v) is 17.9. The number of amides is 1. The molecule has 4 nitrogen and oxygen atoms in total. The summed E-state index contributed by atoms with van der Waals surface area (Å²) >= 11 is 0. The van der Waals surface area contributed by atoms with Crippen molar-refractivity contribution in [1.82, 2.24) is 10.2 Å². The topological polar surface area (TPSA) is 49.4 Å². The molecule has 2 aliphatic rings. The number of nitrogens with zero attached hydrogens (tertiary/aromatic N) is 1. The lowest BCUT2D eigenvalue weighted by Gasteiger charge is -2.41. The van der Waals surface area contributed by atoms with Crippen molar-refractivity contribution in [3.63, 3.8) is 0 Å². The van der Waals surface area contributed by atoms with Crippen LogP contribution < -0.4 is 5.32 Å². The van der Waals surface area contributed by atoms with E-state index in [2.05, 4.69) is 31.0 Å². The fraction of sp³-hybridized carbons (Fsp3) is 0.909. The molecule has 1 aliphatic heterocycles. The van der Waals surface area contributed by atoms with Gasteiger partial charge in [-0.15, -0.1) is 0 Å². The number of likely N-dealkylation sites (tertiary alicyclic amines) is 1. The van der Waals surface area contributed by atoms with Gasteiger partial charge in [-0.3, -0.25) is 14.5 Å². The van der Waals surface area contributed by atoms with Gasteiger partial charge in [0.05, 0.1) is 0 Å². The van der Waals surface area contributed by atoms with Crippen molar-refractivity contribution < 1.29 is 9.59 Å². The minimum atomic E-state index is -0.280. The summed E-state index contributed by atoms with van der Waals surface area (Å²) in [4.78, 5) is 27.6. The van der Waals surface area contributed by atoms with Crippen LogP contribution in [-0.2, 0) is 9.59 Å². The molecule has 0 aromatic carbocycles. The number of nitrogens with one attached hydrogen (secondary N) is 1. The largest absolute Gasteiger partial charge is 0.353 e. The van der Waals surface area contributed by atoms with E-state index < -0.39 is 0 Å². The van der Waals surface area contributed by atoms with E-state index in [9.17, 15) is 9.59 Å². The molecule has 2 unspecified atom stereocenters. The van der Waals surface area contributed by atoms with E-state index in [0.717, 1.165) is 51.6 Å². The molecular weight excluding hydrogens is 324 g/mol. The molecule has 0 bridgehead atoms. The highest BCUT2D eigenvalue weighted by atomic mass is 16.1. The van der Waals surface area contributed by atoms with Crippen molar-refractivity contribution in [3.8, 4) is 0 Å². The Balaban J connectivity index is 1.77. The highest BCUT2D eigenvalue weighted by Gasteiger charge is 2.34. The molecule has 26 heavy (non-hydrogen) atoms. The van der Waals surface area contributed by atoms with Gasteiger partial charge in [0.1, 0.15) is 5.78 Å². The van der Waals surface area contributed by atoms with Crippen LogP contribution in [0.1, 0.15) is 86.5 Å². The Hall–Kier alpha value is -0.900. The molecule has 1 aliphatic carbocycles. The summed E-state index contributed by atoms with van der Waals surface area (Å²) in [7, 11) is 0. The summed E-state index contributed by atoms with van der Waals surface area (Å²) in [5.74, 6) is 1.16. The van der Waals surface area contributed by atoms with Crippen LogP contribution in [-0.4, -0.2) is 41.3 Å². The molecule has 150 valence electrons. The Morgan fingerprint density at radius 1 is 0.962 bits per heavy atom. The molecule has 1 heterocycles. The lowest BCUT2D eigenvalue weighted by molar-refractivity contribution is -0.132. The predicted octanol–water partition coefficient (Wildman–Crippen LogP) is 4.18. The number of rotatable bonds is 4. The van der Waals surface area contributed by atoms with Crippen LogP contribution in [0.15, 0.2) is 0 Å². The maximum atomic E-state index is 12.6. The van der Waals surface area contributed by atoms with E-state index in [1.54, 1.807) is 0 Å². The lowest BCUT2D eigenvalue weighted by atomic mass is 9.75. The highest BCUT2D eigenvalue weighted by Crippen LogP contribution is 2.32. The molecule has 0 spiro atoms. The van der Waals surface area contributed by atoms with E-state index in [0.29, 0.717) is 18.1 Å². The smallest absolute Gasteiger partial charge is 0.220 e. The second-order valence-electron chi connectivity index (χ2n) is 10.5. The number of hydrogen-bond donors (Lipinski definition) is 1. The summed E-state index contributed by atoms with van der Waals surface area (Å²) in [5.41, 5.74) is -0.0540. The quantitative estimate of drug-likeness (QED) is 0.814. The van der Waals surface area contributed by atoms with Gasteiger partial charge in [0.25, 0.3) is 0 Å². The normalized spacial score (nSPS) is 26.5. The molecule has 1 amide bonds. The molecule has 2 atom stereocenters. The van der Waals surface area contributed by atoms with Gasteiger partial charge in [0.15, 0.2) is 0 Å². The number of piperidine rings is 1. The van der Waals surface area contributed by atoms with Crippen LogP contribution >= 0.6 is 0 Å². The first kappa shape index (κ1) is 21.4. The average molecular weight is 365 g/mol. The van der Waals surface area contributed by atoms with Crippen molar-refractivity contribution in [2.75, 3.05) is 13.1 Å². The fourth-order valence-electron chi connectivity index (χ4n) is 4.53. The van der Waals surface area contributed by atoms with E-state index in [1.807, 2.05) is 20.8 Å². The molecule has 0 aromatic heterocycles. The first-order chi connectivity index (χ1) is 12.0. The van der Waals surface area contributed by atoms with Crippen molar-refractivity contribution in [2.45, 2.75) is 98.1 Å². The van der Waals surface area contributed by atoms with Gasteiger partial charge >= 0.3 is 0 Å². The van der Waals surface area contributed by atoms with E-state index >= 15 is 0 Å². The Bertz CT molecular complexity index is 493. The summed E-state index contributed by atoms with van der Waals surface area (Å²) in [6.45, 7) is 15.0. The van der Waals surface area contributed by atoms with Crippen LogP contribution in [0.3, 0.4) is 0 Å². The molecule has 4 heteroatoms. The fourth-order valence-corrected chi connectivity index (χ4v) is 4.53. The van der Waals surface area contributed by atoms with Gasteiger partial charge in [0, 0.05) is 29.3 Å². The molecule has 1 N–H and O–H groups in total. The van der Waals surface area contributed by atoms with Gasteiger partial charge in [-0.2, -0.15) is 0 Å². The lowest BCUT2D eigenvalue weighted by Crippen LogP contribution is -2.47. The monoisotopic (exact) mass is 364 g/mol. The van der Waals surface area contributed by atoms with Crippen molar-refractivity contribution in [3.05, 3.63) is 0 Å². The number of ketones is 1. The standard InChI is InChI=1S/C22H40N2O2/c1-21(2,3)20(26)17-8-7-9-18(15-17)23-19(25)14-16-10-12-24(13-11-16)22(4,5)6/h16-18H,7-15H2,1-6H3,(H,23,25). The number of carbonyl (C=O) groups excluding carboxylic acids is 2. The van der Waals surface area contributed by atoms with Gasteiger partial charge in [-0.25, -0.2) is 0 Å². The maximum Gasteiger partial charge on any atom is 0.220 e. The van der Waals surface area contributed by atoms with Crippen LogP contribution in [0, 0.1) is 17.3 Å². The molecule has 1 saturated heterocycles. The van der Waals surface area contributed by atoms with Gasteiger partial charge < -0.3 is 5.32 Å². The first-order valence-corrected chi connectivity index (χ1v) is 10.6. The highest BCUT2D eigenvalue weighted by molar-refractivity contribution is 5.86. The second kappa shape index (κ2) is 8.41. The Morgan fingerprint density at radius 2 is 1.58 bits per heavy atom. The summed E-state index contributed by atoms with van der Waals surface area (Å²) in [6, 6.07) is 0.183. The summed E-state index contributed by atoms with van der Waals surface area (Å²) in [6.07, 6.45) is 6.73. The molecule has 2 rings (SSSR count). The average Bonchev–Trinajstić information content (AvgIpc) is 2.53. The third-order valence-electron chi connectivity index (χ3n) is 6.19. The minimum Gasteiger partial charge on any atom is -0.353 e. The van der Waals surface area contributed by atoms with Crippen LogP contribution in [0.4, 0.5) is 0 Å². The van der Waals surface area contributed by atoms with Crippen molar-refractivity contribution >= 4 is 11.7 Å². The SMILES string of the molecule is CC(C)(C)C(=O)C1CCCC(NC(=O)CC2CCN(C(C)(C)C)CC2)C1. The van der Waals surface area contributed by atoms with Gasteiger partial charge in [-0.1, -0.05) is 27.2 Å². The summed E-state index contributed by atoms with van der Waals surface area (Å²) < 4.78 is 0. The Kier molecular flexibility index (Phi) is 6.92. The number of carbonyl (C=O) groups is 2. The molecule has 0 radical (unpaired) electrons. The van der Waals surface area contributed by atoms with Crippen molar-refractivity contribution in [2.24, 2.45) is 17.3 Å². The van der Waals surface area contributed by atoms with Crippen LogP contribution in [0.25, 0.3) is 0 Å².